The van der Waals surface area contributed by atoms with Gasteiger partial charge >= 0.3 is 0 Å². The molecule has 1 amide bonds. The molecule has 1 aromatic rings. The predicted molar refractivity (Wildman–Crippen MR) is 77.0 cm³/mol. The number of nitrogens with one attached hydrogen (secondary N) is 1. The highest BCUT2D eigenvalue weighted by Crippen LogP contribution is 2.32. The zero-order valence-electron chi connectivity index (χ0n) is 9.70. The molecule has 7 heteroatoms. The molecule has 1 aliphatic rings. The van der Waals surface area contributed by atoms with Crippen LogP contribution in [0.15, 0.2) is 13.6 Å². The zero-order chi connectivity index (χ0) is 13.3. The van der Waals surface area contributed by atoms with Crippen molar-refractivity contribution in [3.63, 3.8) is 0 Å². The van der Waals surface area contributed by atoms with E-state index in [1.54, 1.807) is 6.07 Å². The first-order valence-corrected chi connectivity index (χ1v) is 7.89. The predicted octanol–water partition coefficient (Wildman–Crippen LogP) is 2.54. The second kappa shape index (κ2) is 5.58. The zero-order valence-corrected chi connectivity index (χ0v) is 13.7. The van der Waals surface area contributed by atoms with Crippen molar-refractivity contribution in [3.05, 3.63) is 19.2 Å². The number of hydrogen-bond acceptors (Lipinski definition) is 4. The molecule has 0 radical (unpaired) electrons. The van der Waals surface area contributed by atoms with Crippen molar-refractivity contribution in [2.45, 2.75) is 25.0 Å². The smallest absolute Gasteiger partial charge is 0.253 e. The van der Waals surface area contributed by atoms with Gasteiger partial charge in [-0.05, 0) is 44.8 Å². The fraction of sp³-hybridized carbons (Fsp3) is 0.545. The van der Waals surface area contributed by atoms with Crippen molar-refractivity contribution in [2.75, 3.05) is 13.2 Å². The number of rotatable bonds is 3. The molecule has 1 aromatic heterocycles. The number of thiophene rings is 1. The van der Waals surface area contributed by atoms with E-state index in [1.807, 2.05) is 6.92 Å². The third-order valence-electron chi connectivity index (χ3n) is 3.12. The van der Waals surface area contributed by atoms with E-state index < -0.39 is 5.60 Å². The molecule has 18 heavy (non-hydrogen) atoms. The third-order valence-corrected chi connectivity index (χ3v) is 5.46. The molecule has 1 fully saturated rings. The Balaban J connectivity index is 1.98. The molecule has 100 valence electrons. The van der Waals surface area contributed by atoms with Crippen LogP contribution in [0.25, 0.3) is 0 Å². The maximum absolute atomic E-state index is 12.0. The van der Waals surface area contributed by atoms with Crippen molar-refractivity contribution in [1.82, 2.24) is 5.32 Å². The number of ether oxygens (including phenoxy) is 1. The van der Waals surface area contributed by atoms with Crippen LogP contribution in [0.4, 0.5) is 0 Å². The van der Waals surface area contributed by atoms with Crippen LogP contribution < -0.4 is 5.32 Å². The summed E-state index contributed by atoms with van der Waals surface area (Å²) in [5.41, 5.74) is -0.392. The molecule has 2 unspecified atom stereocenters. The molecular weight excluding hydrogens is 386 g/mol. The summed E-state index contributed by atoms with van der Waals surface area (Å²) in [6, 6.07) is 1.75. The van der Waals surface area contributed by atoms with Gasteiger partial charge in [0.05, 0.1) is 19.2 Å². The van der Waals surface area contributed by atoms with Gasteiger partial charge in [-0.3, -0.25) is 4.79 Å². The van der Waals surface area contributed by atoms with E-state index in [9.17, 15) is 9.90 Å². The summed E-state index contributed by atoms with van der Waals surface area (Å²) < 4.78 is 6.98. The minimum atomic E-state index is -0.963. The average molecular weight is 399 g/mol. The van der Waals surface area contributed by atoms with Gasteiger partial charge in [0.1, 0.15) is 5.60 Å². The number of halogens is 2. The Hall–Kier alpha value is 0.0500. The Morgan fingerprint density at radius 2 is 2.44 bits per heavy atom. The van der Waals surface area contributed by atoms with E-state index in [0.717, 1.165) is 7.57 Å². The van der Waals surface area contributed by atoms with Gasteiger partial charge in [-0.2, -0.15) is 0 Å². The van der Waals surface area contributed by atoms with Crippen LogP contribution >= 0.6 is 43.2 Å². The van der Waals surface area contributed by atoms with E-state index in [0.29, 0.717) is 18.6 Å². The molecule has 0 bridgehead atoms. The molecule has 0 aliphatic carbocycles. The fourth-order valence-corrected chi connectivity index (χ4v) is 4.62. The van der Waals surface area contributed by atoms with Crippen LogP contribution in [0.2, 0.25) is 0 Å². The molecule has 1 aliphatic heterocycles. The van der Waals surface area contributed by atoms with Crippen LogP contribution in [0.3, 0.4) is 0 Å². The van der Waals surface area contributed by atoms with Gasteiger partial charge in [-0.15, -0.1) is 11.3 Å². The molecule has 0 aromatic carbocycles. The molecule has 2 heterocycles. The highest BCUT2D eigenvalue weighted by atomic mass is 79.9. The Bertz CT molecular complexity index is 465. The van der Waals surface area contributed by atoms with E-state index in [-0.39, 0.29) is 18.6 Å². The molecule has 0 spiro atoms. The second-order valence-electron chi connectivity index (χ2n) is 4.29. The Labute approximate surface area is 126 Å². The van der Waals surface area contributed by atoms with Gasteiger partial charge in [0.2, 0.25) is 0 Å². The van der Waals surface area contributed by atoms with Gasteiger partial charge in [-0.1, -0.05) is 0 Å². The number of aliphatic hydroxyl groups is 1. The van der Waals surface area contributed by atoms with Crippen LogP contribution in [0.5, 0.6) is 0 Å². The largest absolute Gasteiger partial charge is 0.385 e. The van der Waals surface area contributed by atoms with Gasteiger partial charge in [0, 0.05) is 19.6 Å². The Kier molecular flexibility index (Phi) is 4.48. The summed E-state index contributed by atoms with van der Waals surface area (Å²) in [4.78, 5) is 12.0. The Morgan fingerprint density at radius 3 is 2.94 bits per heavy atom. The quantitative estimate of drug-likeness (QED) is 0.822. The molecule has 2 rings (SSSR count). The first kappa shape index (κ1) is 14.5. The topological polar surface area (TPSA) is 58.6 Å². The lowest BCUT2D eigenvalue weighted by atomic mass is 9.96. The number of amides is 1. The summed E-state index contributed by atoms with van der Waals surface area (Å²) in [7, 11) is 0. The lowest BCUT2D eigenvalue weighted by Gasteiger charge is -2.26. The van der Waals surface area contributed by atoms with Crippen molar-refractivity contribution in [3.8, 4) is 0 Å². The minimum Gasteiger partial charge on any atom is -0.385 e. The molecule has 0 saturated carbocycles. The van der Waals surface area contributed by atoms with E-state index >= 15 is 0 Å². The molecule has 4 nitrogen and oxygen atoms in total. The van der Waals surface area contributed by atoms with Crippen LogP contribution in [-0.4, -0.2) is 35.9 Å². The van der Waals surface area contributed by atoms with Crippen molar-refractivity contribution in [1.29, 1.82) is 0 Å². The molecular formula is C11H13Br2NO3S. The monoisotopic (exact) mass is 397 g/mol. The number of carbonyl (C=O) groups excluding carboxylic acids is 1. The van der Waals surface area contributed by atoms with Crippen LogP contribution in [-0.2, 0) is 4.74 Å². The lowest BCUT2D eigenvalue weighted by Crippen LogP contribution is -2.47. The maximum atomic E-state index is 12.0. The van der Waals surface area contributed by atoms with E-state index in [1.165, 1.54) is 11.3 Å². The lowest BCUT2D eigenvalue weighted by molar-refractivity contribution is -0.0251. The van der Waals surface area contributed by atoms with Crippen molar-refractivity contribution in [2.24, 2.45) is 0 Å². The third kappa shape index (κ3) is 2.96. The van der Waals surface area contributed by atoms with Gasteiger partial charge in [-0.25, -0.2) is 0 Å². The average Bonchev–Trinajstić information content (AvgIpc) is 2.80. The summed E-state index contributed by atoms with van der Waals surface area (Å²) in [5, 5.41) is 13.0. The standard InChI is InChI=1S/C11H13Br2NO3S/c1-6-11(16,2-3-17-6)5-14-10(15)7-4-8(12)18-9(7)13/h4,6,16H,2-3,5H2,1H3,(H,14,15). The minimum absolute atomic E-state index is 0.198. The summed E-state index contributed by atoms with van der Waals surface area (Å²) in [6.45, 7) is 2.55. The fourth-order valence-electron chi connectivity index (χ4n) is 1.83. The van der Waals surface area contributed by atoms with Gasteiger partial charge in [0.15, 0.2) is 0 Å². The highest BCUT2D eigenvalue weighted by molar-refractivity contribution is 9.12. The number of hydrogen-bond donors (Lipinski definition) is 2. The second-order valence-corrected chi connectivity index (χ2v) is 8.04. The summed E-state index contributed by atoms with van der Waals surface area (Å²) >= 11 is 8.11. The van der Waals surface area contributed by atoms with Crippen LogP contribution in [0.1, 0.15) is 23.7 Å². The molecule has 2 atom stereocenters. The first-order chi connectivity index (χ1) is 8.42. The SMILES string of the molecule is CC1OCCC1(O)CNC(=O)c1cc(Br)sc1Br. The molecule has 1 saturated heterocycles. The molecule has 2 N–H and O–H groups in total. The maximum Gasteiger partial charge on any atom is 0.253 e. The summed E-state index contributed by atoms with van der Waals surface area (Å²) in [6.07, 6.45) is 0.290. The van der Waals surface area contributed by atoms with E-state index in [4.69, 9.17) is 4.74 Å². The van der Waals surface area contributed by atoms with Gasteiger partial charge in [0.25, 0.3) is 5.91 Å². The highest BCUT2D eigenvalue weighted by Gasteiger charge is 2.39. The van der Waals surface area contributed by atoms with E-state index in [2.05, 4.69) is 37.2 Å². The van der Waals surface area contributed by atoms with Gasteiger partial charge < -0.3 is 15.2 Å². The number of carbonyl (C=O) groups is 1. The van der Waals surface area contributed by atoms with Crippen LogP contribution in [0, 0.1) is 0 Å². The Morgan fingerprint density at radius 1 is 1.72 bits per heavy atom. The normalized spacial score (nSPS) is 27.4. The first-order valence-electron chi connectivity index (χ1n) is 5.49. The van der Waals surface area contributed by atoms with Crippen molar-refractivity contribution >= 4 is 49.1 Å². The summed E-state index contributed by atoms with van der Waals surface area (Å²) in [5.74, 6) is -0.198. The van der Waals surface area contributed by atoms with Crippen molar-refractivity contribution < 1.29 is 14.6 Å².